The Hall–Kier alpha value is -1.06. The predicted molar refractivity (Wildman–Crippen MR) is 58.7 cm³/mol. The highest BCUT2D eigenvalue weighted by molar-refractivity contribution is 6.31. The molecule has 1 aromatic carbocycles. The second-order valence-corrected chi connectivity index (χ2v) is 3.42. The molecule has 1 rings (SSSR count). The third-order valence-electron chi connectivity index (χ3n) is 1.97. The van der Waals surface area contributed by atoms with Crippen molar-refractivity contribution in [3.05, 3.63) is 28.8 Å². The zero-order chi connectivity index (χ0) is 10.6. The first-order chi connectivity index (χ1) is 6.65. The minimum Gasteiger partial charge on any atom is -0.378 e. The fourth-order valence-electron chi connectivity index (χ4n) is 1.06. The number of anilines is 1. The lowest BCUT2D eigenvalue weighted by molar-refractivity contribution is -0.116. The van der Waals surface area contributed by atoms with Crippen LogP contribution in [0.15, 0.2) is 18.2 Å². The lowest BCUT2D eigenvalue weighted by atomic mass is 10.2. The highest BCUT2D eigenvalue weighted by Gasteiger charge is 2.03. The number of ketones is 1. The summed E-state index contributed by atoms with van der Waals surface area (Å²) in [6, 6.07) is 5.53. The summed E-state index contributed by atoms with van der Waals surface area (Å²) < 4.78 is 0. The van der Waals surface area contributed by atoms with E-state index in [0.717, 1.165) is 11.3 Å². The molecule has 0 aliphatic rings. The van der Waals surface area contributed by atoms with Gasteiger partial charge in [-0.15, -0.1) is 0 Å². The summed E-state index contributed by atoms with van der Waals surface area (Å²) in [4.78, 5) is 11.0. The van der Waals surface area contributed by atoms with Crippen molar-refractivity contribution in [2.75, 3.05) is 18.4 Å². The fraction of sp³-hybridized carbons (Fsp3) is 0.300. The van der Waals surface area contributed by atoms with Crippen LogP contribution in [0.5, 0.6) is 0 Å². The maximum Gasteiger partial charge on any atom is 0.165 e. The van der Waals surface area contributed by atoms with Gasteiger partial charge in [-0.25, -0.2) is 0 Å². The van der Waals surface area contributed by atoms with Crippen molar-refractivity contribution in [3.63, 3.8) is 0 Å². The molecule has 0 aliphatic carbocycles. The van der Waals surface area contributed by atoms with Gasteiger partial charge in [-0.05, 0) is 24.6 Å². The molecule has 3 nitrogen and oxygen atoms in total. The van der Waals surface area contributed by atoms with Gasteiger partial charge in [0.2, 0.25) is 0 Å². The van der Waals surface area contributed by atoms with Gasteiger partial charge < -0.3 is 11.1 Å². The molecule has 0 atom stereocenters. The molecule has 76 valence electrons. The molecule has 0 saturated heterocycles. The maximum absolute atomic E-state index is 11.0. The quantitative estimate of drug-likeness (QED) is 0.797. The molecule has 0 fully saturated rings. The van der Waals surface area contributed by atoms with Crippen LogP contribution in [0, 0.1) is 6.92 Å². The van der Waals surface area contributed by atoms with E-state index in [-0.39, 0.29) is 18.9 Å². The Morgan fingerprint density at radius 1 is 1.57 bits per heavy atom. The van der Waals surface area contributed by atoms with Crippen molar-refractivity contribution in [1.29, 1.82) is 0 Å². The lowest BCUT2D eigenvalue weighted by Gasteiger charge is -2.09. The average molecular weight is 213 g/mol. The monoisotopic (exact) mass is 212 g/mol. The van der Waals surface area contributed by atoms with Crippen LogP contribution in [0.1, 0.15) is 5.56 Å². The highest BCUT2D eigenvalue weighted by Crippen LogP contribution is 2.22. The number of carbonyl (C=O) groups excluding carboxylic acids is 1. The molecule has 0 aromatic heterocycles. The third-order valence-corrected chi connectivity index (χ3v) is 2.38. The molecule has 0 saturated carbocycles. The molecule has 0 amide bonds. The van der Waals surface area contributed by atoms with E-state index in [2.05, 4.69) is 5.32 Å². The Morgan fingerprint density at radius 2 is 2.29 bits per heavy atom. The normalized spacial score (nSPS) is 9.93. The summed E-state index contributed by atoms with van der Waals surface area (Å²) in [5.41, 5.74) is 7.01. The number of Topliss-reactive ketones (excluding diaryl/α,β-unsaturated/α-hetero) is 1. The van der Waals surface area contributed by atoms with E-state index in [9.17, 15) is 4.79 Å². The summed E-state index contributed by atoms with van der Waals surface area (Å²) in [5.74, 6) is -0.0237. The van der Waals surface area contributed by atoms with E-state index in [1.54, 1.807) is 0 Å². The molecule has 0 spiro atoms. The zero-order valence-electron chi connectivity index (χ0n) is 8.01. The average Bonchev–Trinajstić information content (AvgIpc) is 2.20. The maximum atomic E-state index is 11.0. The van der Waals surface area contributed by atoms with Crippen molar-refractivity contribution >= 4 is 23.1 Å². The first kappa shape index (κ1) is 11.0. The number of hydrogen-bond donors (Lipinski definition) is 2. The van der Waals surface area contributed by atoms with Crippen LogP contribution in [0.2, 0.25) is 5.02 Å². The van der Waals surface area contributed by atoms with Crippen LogP contribution in [0.4, 0.5) is 5.69 Å². The number of carbonyl (C=O) groups is 1. The van der Waals surface area contributed by atoms with Crippen LogP contribution in [-0.4, -0.2) is 18.9 Å². The summed E-state index contributed by atoms with van der Waals surface area (Å²) in [7, 11) is 0. The largest absolute Gasteiger partial charge is 0.378 e. The Bertz CT molecular complexity index is 339. The number of halogens is 1. The SMILES string of the molecule is Cc1c(Cl)cccc1NCC(=O)CN. The van der Waals surface area contributed by atoms with E-state index < -0.39 is 0 Å². The van der Waals surface area contributed by atoms with Crippen LogP contribution < -0.4 is 11.1 Å². The topological polar surface area (TPSA) is 55.1 Å². The highest BCUT2D eigenvalue weighted by atomic mass is 35.5. The van der Waals surface area contributed by atoms with Gasteiger partial charge >= 0.3 is 0 Å². The van der Waals surface area contributed by atoms with E-state index in [4.69, 9.17) is 17.3 Å². The Balaban J connectivity index is 2.68. The Morgan fingerprint density at radius 3 is 2.93 bits per heavy atom. The number of rotatable bonds is 4. The van der Waals surface area contributed by atoms with Gasteiger partial charge in [-0.2, -0.15) is 0 Å². The number of nitrogens with two attached hydrogens (primary N) is 1. The van der Waals surface area contributed by atoms with Crippen molar-refractivity contribution in [2.45, 2.75) is 6.92 Å². The summed E-state index contributed by atoms with van der Waals surface area (Å²) >= 11 is 5.91. The minimum atomic E-state index is -0.0237. The third kappa shape index (κ3) is 2.72. The fourth-order valence-corrected chi connectivity index (χ4v) is 1.24. The molecule has 0 unspecified atom stereocenters. The van der Waals surface area contributed by atoms with Gasteiger partial charge in [0, 0.05) is 10.7 Å². The smallest absolute Gasteiger partial charge is 0.165 e. The van der Waals surface area contributed by atoms with Crippen molar-refractivity contribution < 1.29 is 4.79 Å². The second kappa shape index (κ2) is 4.98. The standard InChI is InChI=1S/C10H13ClN2O/c1-7-9(11)3-2-4-10(7)13-6-8(14)5-12/h2-4,13H,5-6,12H2,1H3. The van der Waals surface area contributed by atoms with Crippen LogP contribution >= 0.6 is 11.6 Å². The molecule has 14 heavy (non-hydrogen) atoms. The summed E-state index contributed by atoms with van der Waals surface area (Å²) in [6.45, 7) is 2.21. The van der Waals surface area contributed by atoms with Gasteiger partial charge in [0.25, 0.3) is 0 Å². The number of benzene rings is 1. The minimum absolute atomic E-state index is 0.0237. The molecule has 4 heteroatoms. The van der Waals surface area contributed by atoms with Gasteiger partial charge in [-0.1, -0.05) is 17.7 Å². The molecule has 0 radical (unpaired) electrons. The van der Waals surface area contributed by atoms with Gasteiger partial charge in [0.05, 0.1) is 13.1 Å². The first-order valence-corrected chi connectivity index (χ1v) is 4.73. The van der Waals surface area contributed by atoms with E-state index in [1.165, 1.54) is 0 Å². The van der Waals surface area contributed by atoms with Crippen LogP contribution in [0.25, 0.3) is 0 Å². The second-order valence-electron chi connectivity index (χ2n) is 3.01. The predicted octanol–water partition coefficient (Wildman–Crippen LogP) is 1.59. The molecule has 1 aromatic rings. The summed E-state index contributed by atoms with van der Waals surface area (Å²) in [6.07, 6.45) is 0. The zero-order valence-corrected chi connectivity index (χ0v) is 8.77. The van der Waals surface area contributed by atoms with Gasteiger partial charge in [0.1, 0.15) is 0 Å². The summed E-state index contributed by atoms with van der Waals surface area (Å²) in [5, 5.41) is 3.68. The van der Waals surface area contributed by atoms with Crippen molar-refractivity contribution in [2.24, 2.45) is 5.73 Å². The first-order valence-electron chi connectivity index (χ1n) is 4.36. The molecular formula is C10H13ClN2O. The van der Waals surface area contributed by atoms with Gasteiger partial charge in [-0.3, -0.25) is 4.79 Å². The van der Waals surface area contributed by atoms with Crippen LogP contribution in [0.3, 0.4) is 0 Å². The van der Waals surface area contributed by atoms with Crippen LogP contribution in [-0.2, 0) is 4.79 Å². The molecule has 0 aliphatic heterocycles. The van der Waals surface area contributed by atoms with Crippen molar-refractivity contribution in [1.82, 2.24) is 0 Å². The number of nitrogens with one attached hydrogen (secondary N) is 1. The van der Waals surface area contributed by atoms with Gasteiger partial charge in [0.15, 0.2) is 5.78 Å². The van der Waals surface area contributed by atoms with Crippen molar-refractivity contribution in [3.8, 4) is 0 Å². The number of hydrogen-bond acceptors (Lipinski definition) is 3. The van der Waals surface area contributed by atoms with E-state index in [0.29, 0.717) is 5.02 Å². The van der Waals surface area contributed by atoms with E-state index in [1.807, 2.05) is 25.1 Å². The molecule has 3 N–H and O–H groups in total. The molecule has 0 bridgehead atoms. The molecule has 0 heterocycles. The lowest BCUT2D eigenvalue weighted by Crippen LogP contribution is -2.22. The van der Waals surface area contributed by atoms with E-state index >= 15 is 0 Å². The Labute approximate surface area is 88.2 Å². The Kier molecular flexibility index (Phi) is 3.92. The molecular weight excluding hydrogens is 200 g/mol.